The van der Waals surface area contributed by atoms with Crippen LogP contribution in [0.2, 0.25) is 5.02 Å². The molecule has 0 unspecified atom stereocenters. The number of nitrogens with zero attached hydrogens (tertiary/aromatic N) is 2. The van der Waals surface area contributed by atoms with Gasteiger partial charge in [0.1, 0.15) is 5.76 Å². The van der Waals surface area contributed by atoms with Crippen LogP contribution < -0.4 is 5.32 Å². The molecule has 1 aliphatic rings. The van der Waals surface area contributed by atoms with Gasteiger partial charge in [0.25, 0.3) is 5.91 Å². The van der Waals surface area contributed by atoms with Gasteiger partial charge in [-0.05, 0) is 55.0 Å². The molecule has 4 aromatic rings. The summed E-state index contributed by atoms with van der Waals surface area (Å²) in [5, 5.41) is 6.06. The molecule has 5 rings (SSSR count). The van der Waals surface area contributed by atoms with Crippen molar-refractivity contribution in [2.45, 2.75) is 25.2 Å². The number of nitrogens with one attached hydrogen (secondary N) is 1. The minimum atomic E-state index is -4.67. The number of hydrogen-bond donors (Lipinski definition) is 1. The minimum absolute atomic E-state index is 0.0493. The summed E-state index contributed by atoms with van der Waals surface area (Å²) in [7, 11) is 0. The van der Waals surface area contributed by atoms with Crippen LogP contribution in [0.25, 0.3) is 16.9 Å². The Bertz CT molecular complexity index is 1470. The summed E-state index contributed by atoms with van der Waals surface area (Å²) < 4.78 is 86.6. The van der Waals surface area contributed by atoms with Gasteiger partial charge in [-0.1, -0.05) is 11.6 Å². The lowest BCUT2D eigenvalue weighted by molar-refractivity contribution is -0.142. The lowest BCUT2D eigenvalue weighted by atomic mass is 9.94. The van der Waals surface area contributed by atoms with E-state index in [1.807, 2.05) is 0 Å². The number of fused-ring (bicyclic) bond motifs is 3. The summed E-state index contributed by atoms with van der Waals surface area (Å²) in [6.07, 6.45) is -7.49. The molecule has 0 bridgehead atoms. The first-order valence-corrected chi connectivity index (χ1v) is 10.9. The molecule has 0 fully saturated rings. The third kappa shape index (κ3) is 4.23. The second kappa shape index (κ2) is 8.44. The Hall–Kier alpha value is -3.73. The van der Waals surface area contributed by atoms with E-state index in [0.717, 1.165) is 16.8 Å². The van der Waals surface area contributed by atoms with Gasteiger partial charge in [-0.3, -0.25) is 4.79 Å². The van der Waals surface area contributed by atoms with Gasteiger partial charge in [-0.2, -0.15) is 31.4 Å². The van der Waals surface area contributed by atoms with Crippen molar-refractivity contribution < 1.29 is 35.6 Å². The molecular formula is C24H14ClF6N3O2. The van der Waals surface area contributed by atoms with E-state index in [9.17, 15) is 31.1 Å². The van der Waals surface area contributed by atoms with Gasteiger partial charge in [0.2, 0.25) is 0 Å². The third-order valence-electron chi connectivity index (χ3n) is 5.77. The van der Waals surface area contributed by atoms with E-state index in [4.69, 9.17) is 16.0 Å². The average Bonchev–Trinajstić information content (AvgIpc) is 3.44. The van der Waals surface area contributed by atoms with Crippen molar-refractivity contribution in [2.75, 3.05) is 5.32 Å². The zero-order valence-corrected chi connectivity index (χ0v) is 18.7. The molecule has 2 aromatic heterocycles. The highest BCUT2D eigenvalue weighted by Crippen LogP contribution is 2.42. The molecule has 1 N–H and O–H groups in total. The Labute approximate surface area is 204 Å². The Morgan fingerprint density at radius 1 is 0.972 bits per heavy atom. The molecule has 5 nitrogen and oxygen atoms in total. The fraction of sp³-hybridized carbons (Fsp3) is 0.167. The molecular weight excluding hydrogens is 512 g/mol. The Morgan fingerprint density at radius 2 is 1.69 bits per heavy atom. The average molecular weight is 526 g/mol. The van der Waals surface area contributed by atoms with E-state index in [-0.39, 0.29) is 39.6 Å². The maximum absolute atomic E-state index is 13.7. The second-order valence-electron chi connectivity index (χ2n) is 8.04. The van der Waals surface area contributed by atoms with Crippen LogP contribution in [0.3, 0.4) is 0 Å². The van der Waals surface area contributed by atoms with Crippen molar-refractivity contribution in [3.05, 3.63) is 88.0 Å². The SMILES string of the molecule is O=C(Nc1cc(C(F)(F)F)ccc1Cl)c1ccc(-n2nc(C(F)(F)F)c3c2-c2ccoc2CC3)cc1. The summed E-state index contributed by atoms with van der Waals surface area (Å²) >= 11 is 5.93. The van der Waals surface area contributed by atoms with Crippen molar-refractivity contribution in [3.8, 4) is 16.9 Å². The van der Waals surface area contributed by atoms with Crippen LogP contribution in [0.5, 0.6) is 0 Å². The summed E-state index contributed by atoms with van der Waals surface area (Å²) in [5.74, 6) is -0.204. The molecule has 1 amide bonds. The predicted octanol–water partition coefficient (Wildman–Crippen LogP) is 7.17. The van der Waals surface area contributed by atoms with Gasteiger partial charge in [0, 0.05) is 23.1 Å². The molecule has 0 saturated carbocycles. The van der Waals surface area contributed by atoms with Crippen molar-refractivity contribution in [2.24, 2.45) is 0 Å². The molecule has 0 saturated heterocycles. The second-order valence-corrected chi connectivity index (χ2v) is 8.44. The number of carbonyl (C=O) groups is 1. The molecule has 0 radical (unpaired) electrons. The van der Waals surface area contributed by atoms with E-state index < -0.39 is 29.5 Å². The Morgan fingerprint density at radius 3 is 2.36 bits per heavy atom. The third-order valence-corrected chi connectivity index (χ3v) is 6.10. The van der Waals surface area contributed by atoms with Crippen LogP contribution in [0.1, 0.15) is 32.9 Å². The number of aromatic nitrogens is 2. The summed E-state index contributed by atoms with van der Waals surface area (Å²) in [6.45, 7) is 0. The molecule has 12 heteroatoms. The van der Waals surface area contributed by atoms with Crippen molar-refractivity contribution >= 4 is 23.2 Å². The number of hydrogen-bond acceptors (Lipinski definition) is 3. The normalized spacial score (nSPS) is 13.3. The molecule has 2 heterocycles. The molecule has 36 heavy (non-hydrogen) atoms. The standard InChI is InChI=1S/C24H14ClF6N3O2/c25-17-7-3-13(23(26,27)28)11-18(17)32-22(35)12-1-4-14(5-2-12)34-20-15-9-10-36-19(15)8-6-16(20)21(33-34)24(29,30)31/h1-5,7,9-11H,6,8H2,(H,32,35). The topological polar surface area (TPSA) is 60.1 Å². The van der Waals surface area contributed by atoms with Gasteiger partial charge in [-0.25, -0.2) is 4.68 Å². The van der Waals surface area contributed by atoms with Crippen LogP contribution in [0.15, 0.2) is 59.2 Å². The van der Waals surface area contributed by atoms with E-state index in [0.29, 0.717) is 23.8 Å². The number of aryl methyl sites for hydroxylation is 1. The Kier molecular flexibility index (Phi) is 5.62. The molecule has 0 spiro atoms. The Balaban J connectivity index is 1.47. The number of benzene rings is 2. The summed E-state index contributed by atoms with van der Waals surface area (Å²) in [4.78, 5) is 12.6. The highest BCUT2D eigenvalue weighted by molar-refractivity contribution is 6.34. The monoisotopic (exact) mass is 525 g/mol. The van der Waals surface area contributed by atoms with Gasteiger partial charge >= 0.3 is 12.4 Å². The minimum Gasteiger partial charge on any atom is -0.469 e. The predicted molar refractivity (Wildman–Crippen MR) is 118 cm³/mol. The van der Waals surface area contributed by atoms with Crippen molar-refractivity contribution in [1.82, 2.24) is 9.78 Å². The summed E-state index contributed by atoms with van der Waals surface area (Å²) in [6, 6.07) is 9.54. The molecule has 0 atom stereocenters. The van der Waals surface area contributed by atoms with Gasteiger partial charge < -0.3 is 9.73 Å². The van der Waals surface area contributed by atoms with Crippen LogP contribution >= 0.6 is 11.6 Å². The fourth-order valence-electron chi connectivity index (χ4n) is 4.11. The van der Waals surface area contributed by atoms with E-state index in [2.05, 4.69) is 10.4 Å². The highest BCUT2D eigenvalue weighted by Gasteiger charge is 2.41. The lowest BCUT2D eigenvalue weighted by Crippen LogP contribution is -2.14. The number of anilines is 1. The first kappa shape index (κ1) is 24.0. The zero-order chi connectivity index (χ0) is 25.8. The maximum atomic E-state index is 13.7. The van der Waals surface area contributed by atoms with E-state index in [1.165, 1.54) is 30.5 Å². The number of alkyl halides is 6. The van der Waals surface area contributed by atoms with Gasteiger partial charge in [-0.15, -0.1) is 0 Å². The van der Waals surface area contributed by atoms with Crippen molar-refractivity contribution in [3.63, 3.8) is 0 Å². The highest BCUT2D eigenvalue weighted by atomic mass is 35.5. The number of amides is 1. The molecule has 2 aromatic carbocycles. The van der Waals surface area contributed by atoms with Gasteiger partial charge in [0.05, 0.1) is 33.9 Å². The largest absolute Gasteiger partial charge is 0.469 e. The first-order chi connectivity index (χ1) is 16.9. The number of halogens is 7. The fourth-order valence-corrected chi connectivity index (χ4v) is 4.27. The van der Waals surface area contributed by atoms with Crippen molar-refractivity contribution in [1.29, 1.82) is 0 Å². The molecule has 186 valence electrons. The van der Waals surface area contributed by atoms with Crippen LogP contribution in [0, 0.1) is 0 Å². The smallest absolute Gasteiger partial charge is 0.435 e. The van der Waals surface area contributed by atoms with Gasteiger partial charge in [0.15, 0.2) is 5.69 Å². The van der Waals surface area contributed by atoms with E-state index in [1.54, 1.807) is 6.07 Å². The number of rotatable bonds is 3. The maximum Gasteiger partial charge on any atom is 0.435 e. The van der Waals surface area contributed by atoms with Crippen LogP contribution in [-0.2, 0) is 25.2 Å². The number of carbonyl (C=O) groups excluding carboxylic acids is 1. The van der Waals surface area contributed by atoms with Crippen LogP contribution in [-0.4, -0.2) is 15.7 Å². The quantitative estimate of drug-likeness (QED) is 0.288. The zero-order valence-electron chi connectivity index (χ0n) is 18.0. The lowest BCUT2D eigenvalue weighted by Gasteiger charge is -2.15. The molecule has 0 aliphatic heterocycles. The molecule has 1 aliphatic carbocycles. The van der Waals surface area contributed by atoms with E-state index >= 15 is 0 Å². The number of furan rings is 1. The first-order valence-electron chi connectivity index (χ1n) is 10.5. The van der Waals surface area contributed by atoms with Crippen LogP contribution in [0.4, 0.5) is 32.0 Å². The summed E-state index contributed by atoms with van der Waals surface area (Å²) in [5.41, 5.74) is -1.10.